The molecule has 0 bridgehead atoms. The molecular weight excluding hydrogens is 733 g/mol. The molecule has 10 aromatic rings. The molecule has 0 amide bonds. The van der Waals surface area contributed by atoms with Crippen LogP contribution in [0.3, 0.4) is 0 Å². The second-order valence-electron chi connectivity index (χ2n) is 14.4. The number of rotatable bonds is 9. The Morgan fingerprint density at radius 3 is 0.700 bits per heavy atom. The van der Waals surface area contributed by atoms with Crippen molar-refractivity contribution in [3.8, 4) is 101 Å². The number of nitrogens with zero attached hydrogens (tertiary/aromatic N) is 6. The summed E-state index contributed by atoms with van der Waals surface area (Å²) < 4.78 is 0. The first kappa shape index (κ1) is 36.1. The minimum Gasteiger partial charge on any atom is -0.255 e. The summed E-state index contributed by atoms with van der Waals surface area (Å²) >= 11 is 0. The third-order valence-corrected chi connectivity index (χ3v) is 10.4. The van der Waals surface area contributed by atoms with Gasteiger partial charge in [0.15, 0.2) is 0 Å². The molecule has 0 unspecified atom stereocenters. The molecule has 0 N–H and O–H groups in total. The van der Waals surface area contributed by atoms with Gasteiger partial charge in [0, 0.05) is 35.3 Å². The van der Waals surface area contributed by atoms with Crippen molar-refractivity contribution in [3.63, 3.8) is 0 Å². The number of benzene rings is 4. The third kappa shape index (κ3) is 7.73. The summed E-state index contributed by atoms with van der Waals surface area (Å²) in [5.41, 5.74) is 16.5. The zero-order chi connectivity index (χ0) is 40.1. The van der Waals surface area contributed by atoms with Crippen LogP contribution in [-0.2, 0) is 0 Å². The lowest BCUT2D eigenvalue weighted by Crippen LogP contribution is -1.96. The van der Waals surface area contributed by atoms with E-state index in [9.17, 15) is 0 Å². The Balaban J connectivity index is 1.24. The van der Waals surface area contributed by atoms with Crippen LogP contribution in [0.5, 0.6) is 0 Å². The molecule has 0 aliphatic rings. The van der Waals surface area contributed by atoms with E-state index in [1.165, 1.54) is 0 Å². The van der Waals surface area contributed by atoms with Crippen molar-refractivity contribution in [2.45, 2.75) is 0 Å². The number of hydrogen-bond donors (Lipinski definition) is 0. The van der Waals surface area contributed by atoms with Crippen LogP contribution in [0.15, 0.2) is 219 Å². The highest BCUT2D eigenvalue weighted by atomic mass is 14.8. The van der Waals surface area contributed by atoms with E-state index in [0.717, 1.165) is 101 Å². The highest BCUT2D eigenvalue weighted by molar-refractivity contribution is 5.87. The van der Waals surface area contributed by atoms with Crippen LogP contribution < -0.4 is 0 Å². The fourth-order valence-corrected chi connectivity index (χ4v) is 7.43. The van der Waals surface area contributed by atoms with Crippen molar-refractivity contribution in [2.75, 3.05) is 0 Å². The average Bonchev–Trinajstić information content (AvgIpc) is 3.35. The van der Waals surface area contributed by atoms with Crippen LogP contribution >= 0.6 is 0 Å². The van der Waals surface area contributed by atoms with Gasteiger partial charge in [-0.3, -0.25) is 15.0 Å². The Labute approximate surface area is 348 Å². The molecule has 0 radical (unpaired) electrons. The number of hydrogen-bond acceptors (Lipinski definition) is 6. The minimum absolute atomic E-state index is 0.791. The fraction of sp³-hybridized carbons (Fsp3) is 0. The second kappa shape index (κ2) is 16.3. The summed E-state index contributed by atoms with van der Waals surface area (Å²) in [5, 5.41) is 0. The molecule has 0 fully saturated rings. The summed E-state index contributed by atoms with van der Waals surface area (Å²) in [6.07, 6.45) is 5.43. The smallest absolute Gasteiger partial charge is 0.0899 e. The Kier molecular flexibility index (Phi) is 9.84. The van der Waals surface area contributed by atoms with Crippen LogP contribution in [0.25, 0.3) is 101 Å². The van der Waals surface area contributed by atoms with Gasteiger partial charge in [-0.15, -0.1) is 0 Å². The lowest BCUT2D eigenvalue weighted by molar-refractivity contribution is 1.25. The fourth-order valence-electron chi connectivity index (χ4n) is 7.43. The molecule has 6 nitrogen and oxygen atoms in total. The normalized spacial score (nSPS) is 11.0. The molecule has 10 rings (SSSR count). The monoisotopic (exact) mass is 768 g/mol. The van der Waals surface area contributed by atoms with Gasteiger partial charge in [-0.2, -0.15) is 0 Å². The van der Waals surface area contributed by atoms with E-state index in [0.29, 0.717) is 0 Å². The molecule has 4 aromatic carbocycles. The van der Waals surface area contributed by atoms with Crippen molar-refractivity contribution in [1.29, 1.82) is 0 Å². The first-order chi connectivity index (χ1) is 29.7. The van der Waals surface area contributed by atoms with Gasteiger partial charge >= 0.3 is 0 Å². The van der Waals surface area contributed by atoms with E-state index in [1.54, 1.807) is 0 Å². The predicted molar refractivity (Wildman–Crippen MR) is 242 cm³/mol. The molecular formula is C54H36N6. The average molecular weight is 769 g/mol. The van der Waals surface area contributed by atoms with Crippen molar-refractivity contribution in [2.24, 2.45) is 0 Å². The van der Waals surface area contributed by atoms with Crippen molar-refractivity contribution in [1.82, 2.24) is 29.9 Å². The highest BCUT2D eigenvalue weighted by Gasteiger charge is 2.17. The Morgan fingerprint density at radius 2 is 0.433 bits per heavy atom. The first-order valence-corrected chi connectivity index (χ1v) is 19.8. The molecule has 0 saturated carbocycles. The lowest BCUT2D eigenvalue weighted by Gasteiger charge is -2.16. The van der Waals surface area contributed by atoms with Gasteiger partial charge in [-0.05, 0) is 124 Å². The molecule has 0 atom stereocenters. The second-order valence-corrected chi connectivity index (χ2v) is 14.4. The quantitative estimate of drug-likeness (QED) is 0.145. The van der Waals surface area contributed by atoms with Crippen molar-refractivity contribution < 1.29 is 0 Å². The molecule has 282 valence electrons. The highest BCUT2D eigenvalue weighted by Crippen LogP contribution is 2.39. The molecule has 0 aliphatic carbocycles. The van der Waals surface area contributed by atoms with Gasteiger partial charge in [0.25, 0.3) is 0 Å². The maximum atomic E-state index is 5.15. The summed E-state index contributed by atoms with van der Waals surface area (Å²) in [7, 11) is 0. The maximum Gasteiger partial charge on any atom is 0.0899 e. The zero-order valence-electron chi connectivity index (χ0n) is 32.5. The first-order valence-electron chi connectivity index (χ1n) is 19.8. The zero-order valence-corrected chi connectivity index (χ0v) is 32.5. The predicted octanol–water partition coefficient (Wildman–Crippen LogP) is 13.1. The molecule has 6 aromatic heterocycles. The third-order valence-electron chi connectivity index (χ3n) is 10.4. The standard InChI is InChI=1S/C54H36N6/c1-4-16-37(17-5-1)49-31-43(34-52(58-49)46-22-10-13-25-55-46)40-28-41(44-32-50(38-18-6-2-7-19-38)59-53(35-44)47-23-11-14-26-56-47)30-42(29-40)45-33-51(39-20-8-3-9-21-39)60-54(36-45)48-24-12-15-27-57-48/h1-36H. The molecule has 60 heavy (non-hydrogen) atoms. The number of aromatic nitrogens is 6. The summed E-state index contributed by atoms with van der Waals surface area (Å²) in [4.78, 5) is 29.6. The van der Waals surface area contributed by atoms with Crippen LogP contribution in [0.2, 0.25) is 0 Å². The Hall–Kier alpha value is -8.22. The molecule has 0 spiro atoms. The Bertz CT molecular complexity index is 2530. The van der Waals surface area contributed by atoms with Crippen LogP contribution in [0.1, 0.15) is 0 Å². The molecule has 6 heterocycles. The lowest BCUT2D eigenvalue weighted by atomic mass is 9.91. The van der Waals surface area contributed by atoms with Crippen LogP contribution in [0, 0.1) is 0 Å². The SMILES string of the molecule is c1ccc(-c2cc(-c3cc(-c4cc(-c5ccccc5)nc(-c5ccccn5)c4)cc(-c4cc(-c5ccccc5)nc(-c5ccccn5)c4)c3)cc(-c3ccccn3)n2)cc1. The van der Waals surface area contributed by atoms with Gasteiger partial charge in [-0.1, -0.05) is 109 Å². The van der Waals surface area contributed by atoms with E-state index < -0.39 is 0 Å². The summed E-state index contributed by atoms with van der Waals surface area (Å²) in [6, 6.07) is 68.4. The Morgan fingerprint density at radius 1 is 0.183 bits per heavy atom. The van der Waals surface area contributed by atoms with Gasteiger partial charge < -0.3 is 0 Å². The van der Waals surface area contributed by atoms with Crippen molar-refractivity contribution >= 4 is 0 Å². The largest absolute Gasteiger partial charge is 0.255 e. The van der Waals surface area contributed by atoms with Crippen LogP contribution in [-0.4, -0.2) is 29.9 Å². The van der Waals surface area contributed by atoms with E-state index in [1.807, 2.05) is 128 Å². The van der Waals surface area contributed by atoms with Gasteiger partial charge in [0.05, 0.1) is 51.2 Å². The topological polar surface area (TPSA) is 77.3 Å². The summed E-state index contributed by atoms with van der Waals surface area (Å²) in [5.74, 6) is 0. The van der Waals surface area contributed by atoms with E-state index >= 15 is 0 Å². The maximum absolute atomic E-state index is 5.15. The van der Waals surface area contributed by atoms with Gasteiger partial charge in [0.1, 0.15) is 0 Å². The van der Waals surface area contributed by atoms with E-state index in [2.05, 4.69) is 91.0 Å². The molecule has 0 saturated heterocycles. The number of pyridine rings is 6. The molecule has 6 heteroatoms. The van der Waals surface area contributed by atoms with Gasteiger partial charge in [-0.25, -0.2) is 15.0 Å². The molecule has 0 aliphatic heterocycles. The van der Waals surface area contributed by atoms with E-state index in [-0.39, 0.29) is 0 Å². The summed E-state index contributed by atoms with van der Waals surface area (Å²) in [6.45, 7) is 0. The minimum atomic E-state index is 0.791. The van der Waals surface area contributed by atoms with Crippen molar-refractivity contribution in [3.05, 3.63) is 219 Å². The van der Waals surface area contributed by atoms with Gasteiger partial charge in [0.2, 0.25) is 0 Å². The van der Waals surface area contributed by atoms with E-state index in [4.69, 9.17) is 29.9 Å². The van der Waals surface area contributed by atoms with Crippen LogP contribution in [0.4, 0.5) is 0 Å².